The summed E-state index contributed by atoms with van der Waals surface area (Å²) in [4.78, 5) is 19.9. The number of nitrogens with zero attached hydrogens (tertiary/aromatic N) is 4. The van der Waals surface area contributed by atoms with Gasteiger partial charge in [-0.3, -0.25) is 4.79 Å². The minimum Gasteiger partial charge on any atom is -0.497 e. The van der Waals surface area contributed by atoms with Gasteiger partial charge in [0.15, 0.2) is 5.82 Å². The number of carbonyl (C=O) groups is 1. The molecular formula is C27H28FN5O2. The van der Waals surface area contributed by atoms with Crippen LogP contribution in [0.5, 0.6) is 5.75 Å². The van der Waals surface area contributed by atoms with Gasteiger partial charge >= 0.3 is 0 Å². The molecule has 0 radical (unpaired) electrons. The van der Waals surface area contributed by atoms with Crippen LogP contribution in [0.15, 0.2) is 67.0 Å². The molecule has 1 saturated heterocycles. The SMILES string of the molecule is COc1cccc(-c2cc3c(N4CCC[C@@H](C(=O)N[C@H](C)c5ccc(F)cc5)C4)nccn3n2)c1. The minimum atomic E-state index is -0.286. The predicted octanol–water partition coefficient (Wildman–Crippen LogP) is 4.64. The van der Waals surface area contributed by atoms with Crippen LogP contribution in [0.3, 0.4) is 0 Å². The van der Waals surface area contributed by atoms with Crippen LogP contribution in [0.1, 0.15) is 31.4 Å². The van der Waals surface area contributed by atoms with Crippen molar-refractivity contribution in [2.75, 3.05) is 25.1 Å². The number of ether oxygens (including phenoxy) is 1. The van der Waals surface area contributed by atoms with E-state index in [0.29, 0.717) is 6.54 Å². The molecule has 3 heterocycles. The summed E-state index contributed by atoms with van der Waals surface area (Å²) in [7, 11) is 1.65. The molecule has 8 heteroatoms. The Hall–Kier alpha value is -3.94. The van der Waals surface area contributed by atoms with Crippen molar-refractivity contribution in [3.63, 3.8) is 0 Å². The van der Waals surface area contributed by atoms with E-state index < -0.39 is 0 Å². The van der Waals surface area contributed by atoms with Gasteiger partial charge in [0.2, 0.25) is 5.91 Å². The molecule has 0 unspecified atom stereocenters. The lowest BCUT2D eigenvalue weighted by Gasteiger charge is -2.33. The van der Waals surface area contributed by atoms with E-state index in [1.807, 2.05) is 48.0 Å². The summed E-state index contributed by atoms with van der Waals surface area (Å²) in [5, 5.41) is 7.83. The summed E-state index contributed by atoms with van der Waals surface area (Å²) >= 11 is 0. The number of carbonyl (C=O) groups excluding carboxylic acids is 1. The van der Waals surface area contributed by atoms with Gasteiger partial charge in [0.1, 0.15) is 17.1 Å². The molecule has 4 aromatic rings. The lowest BCUT2D eigenvalue weighted by molar-refractivity contribution is -0.125. The number of rotatable bonds is 6. The number of halogens is 1. The van der Waals surface area contributed by atoms with Crippen molar-refractivity contribution in [2.24, 2.45) is 5.92 Å². The minimum absolute atomic E-state index is 0.00375. The van der Waals surface area contributed by atoms with Crippen molar-refractivity contribution in [3.8, 4) is 17.0 Å². The van der Waals surface area contributed by atoms with Gasteiger partial charge in [0.05, 0.1) is 24.8 Å². The first kappa shape index (κ1) is 22.8. The molecule has 0 saturated carbocycles. The molecule has 1 aliphatic heterocycles. The van der Waals surface area contributed by atoms with Crippen LogP contribution in [0, 0.1) is 11.7 Å². The predicted molar refractivity (Wildman–Crippen MR) is 133 cm³/mol. The third kappa shape index (κ3) is 4.82. The number of nitrogens with one attached hydrogen (secondary N) is 1. The van der Waals surface area contributed by atoms with Crippen molar-refractivity contribution < 1.29 is 13.9 Å². The fraction of sp³-hybridized carbons (Fsp3) is 0.296. The van der Waals surface area contributed by atoms with Gasteiger partial charge in [-0.15, -0.1) is 0 Å². The molecule has 1 aliphatic rings. The molecule has 5 rings (SSSR count). The topological polar surface area (TPSA) is 71.8 Å². The Morgan fingerprint density at radius 3 is 2.83 bits per heavy atom. The summed E-state index contributed by atoms with van der Waals surface area (Å²) in [6, 6.07) is 15.9. The zero-order valence-electron chi connectivity index (χ0n) is 19.8. The maximum absolute atomic E-state index is 13.2. The van der Waals surface area contributed by atoms with Gasteiger partial charge in [-0.1, -0.05) is 24.3 Å². The van der Waals surface area contributed by atoms with E-state index >= 15 is 0 Å². The zero-order chi connectivity index (χ0) is 24.4. The molecule has 2 aromatic carbocycles. The number of hydrogen-bond donors (Lipinski definition) is 1. The van der Waals surface area contributed by atoms with Gasteiger partial charge in [-0.05, 0) is 55.7 Å². The van der Waals surface area contributed by atoms with E-state index in [0.717, 1.165) is 53.3 Å². The average molecular weight is 474 g/mol. The monoisotopic (exact) mass is 473 g/mol. The van der Waals surface area contributed by atoms with Crippen LogP contribution in [-0.4, -0.2) is 40.7 Å². The number of amides is 1. The van der Waals surface area contributed by atoms with Crippen LogP contribution in [0.4, 0.5) is 10.2 Å². The largest absolute Gasteiger partial charge is 0.497 e. The number of piperidine rings is 1. The van der Waals surface area contributed by atoms with Crippen molar-refractivity contribution in [3.05, 3.63) is 78.4 Å². The third-order valence-electron chi connectivity index (χ3n) is 6.56. The van der Waals surface area contributed by atoms with E-state index in [2.05, 4.69) is 15.2 Å². The normalized spacial score (nSPS) is 16.8. The van der Waals surface area contributed by atoms with E-state index in [1.165, 1.54) is 12.1 Å². The van der Waals surface area contributed by atoms with Gasteiger partial charge < -0.3 is 15.0 Å². The second kappa shape index (κ2) is 9.74. The Labute approximate surface area is 203 Å². The first-order valence-electron chi connectivity index (χ1n) is 11.8. The van der Waals surface area contributed by atoms with Crippen LogP contribution in [-0.2, 0) is 4.79 Å². The Bertz CT molecular complexity index is 1340. The highest BCUT2D eigenvalue weighted by Crippen LogP contribution is 2.30. The molecule has 0 spiro atoms. The second-order valence-corrected chi connectivity index (χ2v) is 8.91. The highest BCUT2D eigenvalue weighted by atomic mass is 19.1. The zero-order valence-corrected chi connectivity index (χ0v) is 19.8. The van der Waals surface area contributed by atoms with E-state index in [9.17, 15) is 9.18 Å². The number of hydrogen-bond acceptors (Lipinski definition) is 5. The van der Waals surface area contributed by atoms with Gasteiger partial charge in [-0.25, -0.2) is 13.9 Å². The molecule has 1 amide bonds. The third-order valence-corrected chi connectivity index (χ3v) is 6.56. The Balaban J connectivity index is 1.34. The first-order chi connectivity index (χ1) is 17.0. The molecule has 1 fully saturated rings. The lowest BCUT2D eigenvalue weighted by atomic mass is 9.96. The number of aromatic nitrogens is 3. The van der Waals surface area contributed by atoms with Crippen LogP contribution < -0.4 is 15.0 Å². The average Bonchev–Trinajstić information content (AvgIpc) is 3.34. The van der Waals surface area contributed by atoms with Gasteiger partial charge in [0, 0.05) is 31.0 Å². The summed E-state index contributed by atoms with van der Waals surface area (Å²) < 4.78 is 20.4. The lowest BCUT2D eigenvalue weighted by Crippen LogP contribution is -2.44. The van der Waals surface area contributed by atoms with E-state index in [4.69, 9.17) is 9.84 Å². The molecule has 0 bridgehead atoms. The molecule has 180 valence electrons. The fourth-order valence-electron chi connectivity index (χ4n) is 4.62. The van der Waals surface area contributed by atoms with E-state index in [-0.39, 0.29) is 23.7 Å². The highest BCUT2D eigenvalue weighted by Gasteiger charge is 2.28. The van der Waals surface area contributed by atoms with Crippen molar-refractivity contribution in [1.29, 1.82) is 0 Å². The summed E-state index contributed by atoms with van der Waals surface area (Å²) in [6.45, 7) is 3.32. The molecule has 7 nitrogen and oxygen atoms in total. The first-order valence-corrected chi connectivity index (χ1v) is 11.8. The Morgan fingerprint density at radius 1 is 1.20 bits per heavy atom. The van der Waals surface area contributed by atoms with Crippen molar-refractivity contribution >= 4 is 17.2 Å². The fourth-order valence-corrected chi connectivity index (χ4v) is 4.62. The van der Waals surface area contributed by atoms with Crippen LogP contribution >= 0.6 is 0 Å². The quantitative estimate of drug-likeness (QED) is 0.442. The molecule has 2 atom stereocenters. The molecule has 35 heavy (non-hydrogen) atoms. The highest BCUT2D eigenvalue weighted by molar-refractivity contribution is 5.81. The summed E-state index contributed by atoms with van der Waals surface area (Å²) in [6.07, 6.45) is 5.28. The van der Waals surface area contributed by atoms with Crippen molar-refractivity contribution in [2.45, 2.75) is 25.8 Å². The maximum atomic E-state index is 13.2. The molecule has 1 N–H and O–H groups in total. The molecule has 2 aromatic heterocycles. The maximum Gasteiger partial charge on any atom is 0.225 e. The van der Waals surface area contributed by atoms with Crippen LogP contribution in [0.2, 0.25) is 0 Å². The van der Waals surface area contributed by atoms with Crippen LogP contribution in [0.25, 0.3) is 16.8 Å². The van der Waals surface area contributed by atoms with Gasteiger partial charge in [0.25, 0.3) is 0 Å². The van der Waals surface area contributed by atoms with E-state index in [1.54, 1.807) is 25.4 Å². The summed E-state index contributed by atoms with van der Waals surface area (Å²) in [5.41, 5.74) is 3.57. The molecular weight excluding hydrogens is 445 g/mol. The molecule has 0 aliphatic carbocycles. The number of fused-ring (bicyclic) bond motifs is 1. The van der Waals surface area contributed by atoms with Crippen molar-refractivity contribution in [1.82, 2.24) is 19.9 Å². The van der Waals surface area contributed by atoms with Gasteiger partial charge in [-0.2, -0.15) is 5.10 Å². The Kier molecular flexibility index (Phi) is 6.35. The smallest absolute Gasteiger partial charge is 0.225 e. The second-order valence-electron chi connectivity index (χ2n) is 8.91. The summed E-state index contributed by atoms with van der Waals surface area (Å²) in [5.74, 6) is 1.15. The number of methoxy groups -OCH3 is 1. The number of anilines is 1. The standard InChI is InChI=1S/C27H28FN5O2/c1-18(19-8-10-22(28)11-9-19)30-27(34)21-6-4-13-32(17-21)26-25-16-24(31-33(25)14-12-29-26)20-5-3-7-23(15-20)35-2/h3,5,7-12,14-16,18,21H,4,6,13,17H2,1-2H3,(H,30,34)/t18-,21-/m1/s1. The number of benzene rings is 2. The Morgan fingerprint density at radius 2 is 2.03 bits per heavy atom.